The molecule has 1 unspecified atom stereocenters. The van der Waals surface area contributed by atoms with Gasteiger partial charge in [0.1, 0.15) is 6.42 Å². The molecule has 1 amide bonds. The van der Waals surface area contributed by atoms with E-state index in [2.05, 4.69) is 0 Å². The number of carboxylic acid groups (broad SMARTS) is 1. The first kappa shape index (κ1) is 10.0. The molecular formula is C9H15NO3. The molecule has 4 nitrogen and oxygen atoms in total. The molecule has 1 aliphatic heterocycles. The van der Waals surface area contributed by atoms with Crippen LogP contribution in [0.3, 0.4) is 0 Å². The van der Waals surface area contributed by atoms with Gasteiger partial charge in [-0.05, 0) is 26.2 Å². The Kier molecular flexibility index (Phi) is 3.28. The number of carbonyl (C=O) groups is 2. The van der Waals surface area contributed by atoms with Crippen LogP contribution in [0.1, 0.15) is 32.6 Å². The highest BCUT2D eigenvalue weighted by atomic mass is 16.4. The summed E-state index contributed by atoms with van der Waals surface area (Å²) in [5.74, 6) is -1.29. The predicted molar refractivity (Wildman–Crippen MR) is 47.3 cm³/mol. The Morgan fingerprint density at radius 2 is 2.15 bits per heavy atom. The van der Waals surface area contributed by atoms with Gasteiger partial charge in [-0.3, -0.25) is 9.59 Å². The van der Waals surface area contributed by atoms with Gasteiger partial charge < -0.3 is 10.0 Å². The second-order valence-corrected chi connectivity index (χ2v) is 3.50. The van der Waals surface area contributed by atoms with Gasteiger partial charge in [0.2, 0.25) is 5.91 Å². The number of carbonyl (C=O) groups excluding carboxylic acids is 1. The van der Waals surface area contributed by atoms with Gasteiger partial charge in [-0.1, -0.05) is 0 Å². The van der Waals surface area contributed by atoms with Crippen molar-refractivity contribution < 1.29 is 14.7 Å². The SMILES string of the molecule is CC1CCCCN1C(=O)CC(=O)O. The second-order valence-electron chi connectivity index (χ2n) is 3.50. The van der Waals surface area contributed by atoms with Crippen LogP contribution in [-0.4, -0.2) is 34.5 Å². The molecule has 1 N–H and O–H groups in total. The molecule has 74 valence electrons. The molecule has 1 rings (SSSR count). The summed E-state index contributed by atoms with van der Waals surface area (Å²) in [6.07, 6.45) is 2.75. The first-order valence-electron chi connectivity index (χ1n) is 4.62. The summed E-state index contributed by atoms with van der Waals surface area (Å²) in [4.78, 5) is 23.4. The number of amides is 1. The molecule has 1 heterocycles. The maximum atomic E-state index is 11.4. The van der Waals surface area contributed by atoms with Crippen LogP contribution in [0.25, 0.3) is 0 Å². The van der Waals surface area contributed by atoms with Crippen LogP contribution < -0.4 is 0 Å². The highest BCUT2D eigenvalue weighted by Crippen LogP contribution is 2.16. The van der Waals surface area contributed by atoms with E-state index >= 15 is 0 Å². The van der Waals surface area contributed by atoms with Gasteiger partial charge in [-0.15, -0.1) is 0 Å². The summed E-state index contributed by atoms with van der Waals surface area (Å²) < 4.78 is 0. The van der Waals surface area contributed by atoms with Gasteiger partial charge in [0.05, 0.1) is 0 Å². The summed E-state index contributed by atoms with van der Waals surface area (Å²) >= 11 is 0. The van der Waals surface area contributed by atoms with E-state index in [4.69, 9.17) is 5.11 Å². The van der Waals surface area contributed by atoms with Crippen molar-refractivity contribution in [3.63, 3.8) is 0 Å². The third-order valence-electron chi connectivity index (χ3n) is 2.43. The lowest BCUT2D eigenvalue weighted by Crippen LogP contribution is -2.42. The van der Waals surface area contributed by atoms with Gasteiger partial charge >= 0.3 is 5.97 Å². The van der Waals surface area contributed by atoms with E-state index in [-0.39, 0.29) is 18.4 Å². The number of piperidine rings is 1. The quantitative estimate of drug-likeness (QED) is 0.649. The van der Waals surface area contributed by atoms with E-state index in [1.165, 1.54) is 0 Å². The van der Waals surface area contributed by atoms with Crippen LogP contribution in [0.2, 0.25) is 0 Å². The van der Waals surface area contributed by atoms with Crippen LogP contribution in [0.4, 0.5) is 0 Å². The molecule has 0 radical (unpaired) electrons. The van der Waals surface area contributed by atoms with Crippen molar-refractivity contribution in [2.75, 3.05) is 6.54 Å². The third kappa shape index (κ3) is 2.72. The number of rotatable bonds is 2. The number of nitrogens with zero attached hydrogens (tertiary/aromatic N) is 1. The van der Waals surface area contributed by atoms with Crippen molar-refractivity contribution in [3.05, 3.63) is 0 Å². The largest absolute Gasteiger partial charge is 0.481 e. The summed E-state index contributed by atoms with van der Waals surface area (Å²) in [5, 5.41) is 8.45. The van der Waals surface area contributed by atoms with Gasteiger partial charge in [-0.25, -0.2) is 0 Å². The molecular weight excluding hydrogens is 170 g/mol. The minimum Gasteiger partial charge on any atom is -0.481 e. The van der Waals surface area contributed by atoms with Crippen molar-refractivity contribution in [1.29, 1.82) is 0 Å². The Labute approximate surface area is 77.5 Å². The molecule has 0 spiro atoms. The number of likely N-dealkylation sites (tertiary alicyclic amines) is 1. The fraction of sp³-hybridized carbons (Fsp3) is 0.778. The average Bonchev–Trinajstić information content (AvgIpc) is 2.03. The summed E-state index contributed by atoms with van der Waals surface area (Å²) in [6, 6.07) is 0.209. The fourth-order valence-electron chi connectivity index (χ4n) is 1.70. The zero-order chi connectivity index (χ0) is 9.84. The molecule has 13 heavy (non-hydrogen) atoms. The summed E-state index contributed by atoms with van der Waals surface area (Å²) in [6.45, 7) is 2.69. The smallest absolute Gasteiger partial charge is 0.312 e. The topological polar surface area (TPSA) is 57.6 Å². The van der Waals surface area contributed by atoms with Crippen molar-refractivity contribution in [1.82, 2.24) is 4.90 Å². The zero-order valence-corrected chi connectivity index (χ0v) is 7.82. The third-order valence-corrected chi connectivity index (χ3v) is 2.43. The normalized spacial score (nSPS) is 22.8. The zero-order valence-electron chi connectivity index (χ0n) is 7.82. The average molecular weight is 185 g/mol. The minimum absolute atomic E-state index is 0.209. The first-order chi connectivity index (χ1) is 6.11. The number of aliphatic carboxylic acids is 1. The van der Waals surface area contributed by atoms with E-state index in [1.54, 1.807) is 4.90 Å². The minimum atomic E-state index is -1.04. The maximum absolute atomic E-state index is 11.4. The Balaban J connectivity index is 2.48. The van der Waals surface area contributed by atoms with Gasteiger partial charge in [0, 0.05) is 12.6 Å². The van der Waals surface area contributed by atoms with Gasteiger partial charge in [0.15, 0.2) is 0 Å². The molecule has 0 bridgehead atoms. The molecule has 1 aliphatic rings. The number of carboxylic acids is 1. The Morgan fingerprint density at radius 3 is 2.69 bits per heavy atom. The molecule has 1 saturated heterocycles. The number of hydrogen-bond donors (Lipinski definition) is 1. The Morgan fingerprint density at radius 1 is 1.46 bits per heavy atom. The molecule has 4 heteroatoms. The van der Waals surface area contributed by atoms with Gasteiger partial charge in [0.25, 0.3) is 0 Å². The molecule has 0 aromatic carbocycles. The van der Waals surface area contributed by atoms with E-state index in [1.807, 2.05) is 6.92 Å². The van der Waals surface area contributed by atoms with Crippen molar-refractivity contribution >= 4 is 11.9 Å². The number of hydrogen-bond acceptors (Lipinski definition) is 2. The highest BCUT2D eigenvalue weighted by Gasteiger charge is 2.24. The molecule has 0 aromatic heterocycles. The molecule has 0 aliphatic carbocycles. The van der Waals surface area contributed by atoms with E-state index in [9.17, 15) is 9.59 Å². The van der Waals surface area contributed by atoms with Crippen LogP contribution >= 0.6 is 0 Å². The fourth-order valence-corrected chi connectivity index (χ4v) is 1.70. The van der Waals surface area contributed by atoms with Crippen LogP contribution in [0, 0.1) is 0 Å². The molecule has 1 fully saturated rings. The van der Waals surface area contributed by atoms with Crippen molar-refractivity contribution in [2.45, 2.75) is 38.6 Å². The molecule has 0 aromatic rings. The lowest BCUT2D eigenvalue weighted by atomic mass is 10.0. The standard InChI is InChI=1S/C9H15NO3/c1-7-4-2-3-5-10(7)8(11)6-9(12)13/h7H,2-6H2,1H3,(H,12,13). The highest BCUT2D eigenvalue weighted by molar-refractivity contribution is 5.93. The van der Waals surface area contributed by atoms with Crippen molar-refractivity contribution in [2.24, 2.45) is 0 Å². The van der Waals surface area contributed by atoms with Gasteiger partial charge in [-0.2, -0.15) is 0 Å². The Hall–Kier alpha value is -1.06. The molecule has 0 saturated carbocycles. The van der Waals surface area contributed by atoms with E-state index < -0.39 is 5.97 Å². The summed E-state index contributed by atoms with van der Waals surface area (Å²) in [7, 11) is 0. The van der Waals surface area contributed by atoms with Crippen LogP contribution in [-0.2, 0) is 9.59 Å². The lowest BCUT2D eigenvalue weighted by molar-refractivity contribution is -0.145. The van der Waals surface area contributed by atoms with Crippen molar-refractivity contribution in [3.8, 4) is 0 Å². The van der Waals surface area contributed by atoms with E-state index in [0.29, 0.717) is 6.54 Å². The monoisotopic (exact) mass is 185 g/mol. The summed E-state index contributed by atoms with van der Waals surface area (Å²) in [5.41, 5.74) is 0. The lowest BCUT2D eigenvalue weighted by Gasteiger charge is -2.33. The maximum Gasteiger partial charge on any atom is 0.312 e. The Bertz CT molecular complexity index is 215. The first-order valence-corrected chi connectivity index (χ1v) is 4.62. The van der Waals surface area contributed by atoms with Crippen LogP contribution in [0.5, 0.6) is 0 Å². The molecule has 1 atom stereocenters. The van der Waals surface area contributed by atoms with Crippen LogP contribution in [0.15, 0.2) is 0 Å². The second kappa shape index (κ2) is 4.25. The van der Waals surface area contributed by atoms with E-state index in [0.717, 1.165) is 19.3 Å². The predicted octanol–water partition coefficient (Wildman–Crippen LogP) is 0.862.